The maximum absolute atomic E-state index is 13.4. The predicted octanol–water partition coefficient (Wildman–Crippen LogP) is 3.20. The van der Waals surface area contributed by atoms with Gasteiger partial charge in [-0.25, -0.2) is 4.39 Å². The quantitative estimate of drug-likeness (QED) is 0.741. The highest BCUT2D eigenvalue weighted by Gasteiger charge is 2.52. The predicted molar refractivity (Wildman–Crippen MR) is 74.6 cm³/mol. The zero-order valence-corrected chi connectivity index (χ0v) is 12.9. The summed E-state index contributed by atoms with van der Waals surface area (Å²) in [5, 5.41) is 0. The molecule has 1 aliphatic rings. The largest absolute Gasteiger partial charge is 0.495 e. The van der Waals surface area contributed by atoms with E-state index in [0.717, 1.165) is 11.0 Å². The SMILES string of the molecule is Cc1cc(F)c(Br)cc1B1OC(C)(C)C(C)(C)O1. The average Bonchev–Trinajstić information content (AvgIpc) is 2.42. The van der Waals surface area contributed by atoms with E-state index < -0.39 is 7.12 Å². The van der Waals surface area contributed by atoms with E-state index in [4.69, 9.17) is 9.31 Å². The van der Waals surface area contributed by atoms with Gasteiger partial charge < -0.3 is 9.31 Å². The van der Waals surface area contributed by atoms with Gasteiger partial charge in [-0.15, -0.1) is 0 Å². The first-order valence-corrected chi connectivity index (χ1v) is 6.74. The molecule has 1 saturated heterocycles. The van der Waals surface area contributed by atoms with Crippen LogP contribution in [0.1, 0.15) is 33.3 Å². The van der Waals surface area contributed by atoms with Crippen molar-refractivity contribution in [2.24, 2.45) is 0 Å². The molecule has 0 radical (unpaired) electrons. The average molecular weight is 315 g/mol. The van der Waals surface area contributed by atoms with E-state index in [1.165, 1.54) is 6.07 Å². The van der Waals surface area contributed by atoms with Crippen LogP contribution in [0.25, 0.3) is 0 Å². The molecule has 1 aliphatic heterocycles. The number of rotatable bonds is 1. The summed E-state index contributed by atoms with van der Waals surface area (Å²) in [6.45, 7) is 9.86. The summed E-state index contributed by atoms with van der Waals surface area (Å²) in [4.78, 5) is 0. The molecule has 0 aromatic heterocycles. The van der Waals surface area contributed by atoms with Crippen molar-refractivity contribution in [3.05, 3.63) is 28.0 Å². The van der Waals surface area contributed by atoms with Gasteiger partial charge in [0.2, 0.25) is 0 Å². The summed E-state index contributed by atoms with van der Waals surface area (Å²) in [6.07, 6.45) is 0. The van der Waals surface area contributed by atoms with Crippen LogP contribution in [0.2, 0.25) is 0 Å². The fourth-order valence-corrected chi connectivity index (χ4v) is 2.25. The van der Waals surface area contributed by atoms with Crippen molar-refractivity contribution in [1.29, 1.82) is 0 Å². The first kappa shape index (κ1) is 14.0. The lowest BCUT2D eigenvalue weighted by Gasteiger charge is -2.32. The minimum Gasteiger partial charge on any atom is -0.399 e. The molecule has 98 valence electrons. The van der Waals surface area contributed by atoms with Crippen LogP contribution >= 0.6 is 15.9 Å². The third-order valence-corrected chi connectivity index (χ3v) is 4.42. The van der Waals surface area contributed by atoms with Crippen LogP contribution in [-0.4, -0.2) is 18.3 Å². The Balaban J connectivity index is 2.38. The summed E-state index contributed by atoms with van der Waals surface area (Å²) >= 11 is 3.20. The van der Waals surface area contributed by atoms with Crippen LogP contribution in [-0.2, 0) is 9.31 Å². The molecular formula is C13H17BBrFO2. The zero-order chi connectivity index (χ0) is 13.7. The molecule has 2 rings (SSSR count). The maximum Gasteiger partial charge on any atom is 0.495 e. The Kier molecular flexibility index (Phi) is 3.37. The number of aryl methyl sites for hydroxylation is 1. The molecule has 0 spiro atoms. The molecule has 1 aromatic rings. The first-order chi connectivity index (χ1) is 8.14. The molecule has 0 bridgehead atoms. The fraction of sp³-hybridized carbons (Fsp3) is 0.538. The van der Waals surface area contributed by atoms with Crippen molar-refractivity contribution in [2.75, 3.05) is 0 Å². The number of halogens is 2. The Morgan fingerprint density at radius 1 is 1.11 bits per heavy atom. The van der Waals surface area contributed by atoms with Crippen LogP contribution in [0.3, 0.4) is 0 Å². The molecule has 1 aromatic carbocycles. The Bertz CT molecular complexity index is 472. The molecule has 0 unspecified atom stereocenters. The van der Waals surface area contributed by atoms with E-state index in [1.54, 1.807) is 6.07 Å². The van der Waals surface area contributed by atoms with Crippen molar-refractivity contribution in [2.45, 2.75) is 45.8 Å². The van der Waals surface area contributed by atoms with Gasteiger partial charge in [0.25, 0.3) is 0 Å². The van der Waals surface area contributed by atoms with E-state index in [-0.39, 0.29) is 17.0 Å². The number of benzene rings is 1. The molecule has 0 saturated carbocycles. The number of hydrogen-bond acceptors (Lipinski definition) is 2. The van der Waals surface area contributed by atoms with Gasteiger partial charge in [0.1, 0.15) is 5.82 Å². The first-order valence-electron chi connectivity index (χ1n) is 5.95. The molecular weight excluding hydrogens is 298 g/mol. The van der Waals surface area contributed by atoms with E-state index in [9.17, 15) is 4.39 Å². The Morgan fingerprint density at radius 3 is 2.11 bits per heavy atom. The summed E-state index contributed by atoms with van der Waals surface area (Å²) in [5.74, 6) is -0.271. The van der Waals surface area contributed by atoms with Crippen molar-refractivity contribution < 1.29 is 13.7 Å². The smallest absolute Gasteiger partial charge is 0.399 e. The summed E-state index contributed by atoms with van der Waals surface area (Å²) in [5.41, 5.74) is 0.923. The summed E-state index contributed by atoms with van der Waals surface area (Å²) in [7, 11) is -0.452. The lowest BCUT2D eigenvalue weighted by molar-refractivity contribution is 0.00578. The second kappa shape index (κ2) is 4.32. The topological polar surface area (TPSA) is 18.5 Å². The van der Waals surface area contributed by atoms with Gasteiger partial charge in [-0.3, -0.25) is 0 Å². The van der Waals surface area contributed by atoms with Crippen LogP contribution in [0.4, 0.5) is 4.39 Å². The minimum absolute atomic E-state index is 0.271. The molecule has 0 aliphatic carbocycles. The molecule has 5 heteroatoms. The normalized spacial score (nSPS) is 21.4. The van der Waals surface area contributed by atoms with Gasteiger partial charge in [-0.1, -0.05) is 0 Å². The molecule has 0 atom stereocenters. The van der Waals surface area contributed by atoms with Gasteiger partial charge in [0.05, 0.1) is 15.7 Å². The van der Waals surface area contributed by atoms with Gasteiger partial charge >= 0.3 is 7.12 Å². The lowest BCUT2D eigenvalue weighted by atomic mass is 9.76. The third kappa shape index (κ3) is 2.24. The van der Waals surface area contributed by atoms with Crippen LogP contribution in [0.5, 0.6) is 0 Å². The van der Waals surface area contributed by atoms with Crippen LogP contribution in [0.15, 0.2) is 16.6 Å². The Morgan fingerprint density at radius 2 is 1.61 bits per heavy atom. The molecule has 18 heavy (non-hydrogen) atoms. The van der Waals surface area contributed by atoms with Gasteiger partial charge in [0.15, 0.2) is 0 Å². The van der Waals surface area contributed by atoms with E-state index >= 15 is 0 Å². The molecule has 0 N–H and O–H groups in total. The monoisotopic (exact) mass is 314 g/mol. The van der Waals surface area contributed by atoms with Crippen molar-refractivity contribution in [3.63, 3.8) is 0 Å². The van der Waals surface area contributed by atoms with Gasteiger partial charge in [0, 0.05) is 0 Å². The van der Waals surface area contributed by atoms with Crippen molar-refractivity contribution >= 4 is 28.5 Å². The highest BCUT2D eigenvalue weighted by molar-refractivity contribution is 9.10. The molecule has 2 nitrogen and oxygen atoms in total. The van der Waals surface area contributed by atoms with Gasteiger partial charge in [-0.05, 0) is 73.7 Å². The highest BCUT2D eigenvalue weighted by atomic mass is 79.9. The Labute approximate surface area is 116 Å². The number of hydrogen-bond donors (Lipinski definition) is 0. The van der Waals surface area contributed by atoms with Crippen LogP contribution in [0, 0.1) is 12.7 Å². The molecule has 1 fully saturated rings. The van der Waals surface area contributed by atoms with E-state index in [2.05, 4.69) is 15.9 Å². The maximum atomic E-state index is 13.4. The molecule has 1 heterocycles. The second-order valence-corrected chi connectivity index (χ2v) is 6.57. The van der Waals surface area contributed by atoms with Gasteiger partial charge in [-0.2, -0.15) is 0 Å². The lowest BCUT2D eigenvalue weighted by Crippen LogP contribution is -2.41. The Hall–Kier alpha value is -0.385. The standard InChI is InChI=1S/C13H17BBrFO2/c1-8-6-11(16)10(15)7-9(8)14-17-12(2,3)13(4,5)18-14/h6-7H,1-5H3. The fourth-order valence-electron chi connectivity index (χ4n) is 1.89. The van der Waals surface area contributed by atoms with Crippen molar-refractivity contribution in [3.8, 4) is 0 Å². The summed E-state index contributed by atoms with van der Waals surface area (Å²) < 4.78 is 25.8. The molecule has 0 amide bonds. The van der Waals surface area contributed by atoms with E-state index in [1.807, 2.05) is 34.6 Å². The van der Waals surface area contributed by atoms with Crippen LogP contribution < -0.4 is 5.46 Å². The van der Waals surface area contributed by atoms with E-state index in [0.29, 0.717) is 4.47 Å². The summed E-state index contributed by atoms with van der Waals surface area (Å²) in [6, 6.07) is 3.22. The third-order valence-electron chi connectivity index (χ3n) is 3.82. The zero-order valence-electron chi connectivity index (χ0n) is 11.3. The van der Waals surface area contributed by atoms with Crippen molar-refractivity contribution in [1.82, 2.24) is 0 Å². The second-order valence-electron chi connectivity index (χ2n) is 5.71. The minimum atomic E-state index is -0.452. The highest BCUT2D eigenvalue weighted by Crippen LogP contribution is 2.36.